The zero-order chi connectivity index (χ0) is 19.1. The van der Waals surface area contributed by atoms with Crippen molar-refractivity contribution in [1.82, 2.24) is 0 Å². The van der Waals surface area contributed by atoms with Crippen LogP contribution < -0.4 is 14.9 Å². The van der Waals surface area contributed by atoms with Crippen molar-refractivity contribution < 1.29 is 9.47 Å². The Hall–Kier alpha value is -2.98. The molecule has 3 aromatic carbocycles. The molecule has 0 heterocycles. The molecule has 1 N–H and O–H groups in total. The number of ether oxygens (including phenoxy) is 2. The number of methoxy groups -OCH3 is 1. The molecule has 0 fully saturated rings. The second-order valence-electron chi connectivity index (χ2n) is 6.03. The van der Waals surface area contributed by atoms with E-state index in [-0.39, 0.29) is 0 Å². The van der Waals surface area contributed by atoms with E-state index in [1.807, 2.05) is 42.5 Å². The topological polar surface area (TPSA) is 42.8 Å². The van der Waals surface area contributed by atoms with Crippen molar-refractivity contribution >= 4 is 23.5 Å². The Morgan fingerprint density at radius 1 is 1.04 bits per heavy atom. The standard InChI is InChI=1S/C22H21ClN2O2/c1-16-5-3-6-17(13-16)15-27-22-18(7-4-8-21(22)26-2)14-24-25-20-11-9-19(23)10-12-20/h3-14,25H,15H2,1-2H3/b24-14+. The third kappa shape index (κ3) is 5.25. The van der Waals surface area contributed by atoms with Gasteiger partial charge in [-0.05, 0) is 48.9 Å². The Morgan fingerprint density at radius 3 is 2.56 bits per heavy atom. The minimum Gasteiger partial charge on any atom is -0.493 e. The number of nitrogens with one attached hydrogen (secondary N) is 1. The molecule has 0 aliphatic carbocycles. The molecule has 0 amide bonds. The van der Waals surface area contributed by atoms with Crippen molar-refractivity contribution in [2.24, 2.45) is 5.10 Å². The summed E-state index contributed by atoms with van der Waals surface area (Å²) < 4.78 is 11.5. The molecule has 0 saturated heterocycles. The highest BCUT2D eigenvalue weighted by Crippen LogP contribution is 2.31. The van der Waals surface area contributed by atoms with Crippen LogP contribution in [-0.2, 0) is 6.61 Å². The Balaban J connectivity index is 1.76. The van der Waals surface area contributed by atoms with Crippen LogP contribution in [0.25, 0.3) is 0 Å². The highest BCUT2D eigenvalue weighted by atomic mass is 35.5. The number of halogens is 1. The average molecular weight is 381 g/mol. The van der Waals surface area contributed by atoms with Crippen LogP contribution in [0, 0.1) is 6.92 Å². The Kier molecular flexibility index (Phi) is 6.34. The molecular weight excluding hydrogens is 360 g/mol. The van der Waals surface area contributed by atoms with Gasteiger partial charge in [0.15, 0.2) is 11.5 Å². The predicted octanol–water partition coefficient (Wildman–Crippen LogP) is 5.68. The Bertz CT molecular complexity index is 924. The summed E-state index contributed by atoms with van der Waals surface area (Å²) in [6.45, 7) is 2.51. The van der Waals surface area contributed by atoms with Gasteiger partial charge in [0.25, 0.3) is 0 Å². The minimum atomic E-state index is 0.452. The quantitative estimate of drug-likeness (QED) is 0.423. The summed E-state index contributed by atoms with van der Waals surface area (Å²) in [7, 11) is 1.63. The summed E-state index contributed by atoms with van der Waals surface area (Å²) in [4.78, 5) is 0. The first kappa shape index (κ1) is 18.8. The van der Waals surface area contributed by atoms with Gasteiger partial charge in [0.1, 0.15) is 6.61 Å². The number of benzene rings is 3. The highest BCUT2D eigenvalue weighted by molar-refractivity contribution is 6.30. The van der Waals surface area contributed by atoms with Crippen molar-refractivity contribution in [1.29, 1.82) is 0 Å². The molecule has 0 atom stereocenters. The number of aryl methyl sites for hydroxylation is 1. The smallest absolute Gasteiger partial charge is 0.170 e. The van der Waals surface area contributed by atoms with E-state index in [4.69, 9.17) is 21.1 Å². The van der Waals surface area contributed by atoms with E-state index in [9.17, 15) is 0 Å². The fourth-order valence-electron chi connectivity index (χ4n) is 2.61. The maximum Gasteiger partial charge on any atom is 0.170 e. The summed E-state index contributed by atoms with van der Waals surface area (Å²) in [5.74, 6) is 1.32. The van der Waals surface area contributed by atoms with Gasteiger partial charge >= 0.3 is 0 Å². The molecule has 0 bridgehead atoms. The lowest BCUT2D eigenvalue weighted by Crippen LogP contribution is -2.01. The largest absolute Gasteiger partial charge is 0.493 e. The number of para-hydroxylation sites is 1. The number of nitrogens with zero attached hydrogens (tertiary/aromatic N) is 1. The summed E-state index contributed by atoms with van der Waals surface area (Å²) in [5, 5.41) is 4.98. The van der Waals surface area contributed by atoms with Crippen LogP contribution >= 0.6 is 11.6 Å². The van der Waals surface area contributed by atoms with Crippen molar-refractivity contribution in [3.05, 3.63) is 88.4 Å². The summed E-state index contributed by atoms with van der Waals surface area (Å²) in [6, 6.07) is 21.3. The van der Waals surface area contributed by atoms with Crippen LogP contribution in [0.15, 0.2) is 71.8 Å². The number of anilines is 1. The van der Waals surface area contributed by atoms with E-state index in [1.165, 1.54) is 5.56 Å². The third-order valence-corrected chi connectivity index (χ3v) is 4.19. The third-order valence-electron chi connectivity index (χ3n) is 3.94. The van der Waals surface area contributed by atoms with Gasteiger partial charge in [-0.3, -0.25) is 5.43 Å². The molecule has 27 heavy (non-hydrogen) atoms. The Labute approximate surface area is 164 Å². The van der Waals surface area contributed by atoms with Crippen LogP contribution in [0.2, 0.25) is 5.02 Å². The van der Waals surface area contributed by atoms with E-state index < -0.39 is 0 Å². The molecule has 0 unspecified atom stereocenters. The lowest BCUT2D eigenvalue weighted by molar-refractivity contribution is 0.284. The zero-order valence-electron chi connectivity index (χ0n) is 15.3. The SMILES string of the molecule is COc1cccc(/C=N/Nc2ccc(Cl)cc2)c1OCc1cccc(C)c1. The molecule has 3 aromatic rings. The number of rotatable bonds is 7. The first-order valence-electron chi connectivity index (χ1n) is 8.55. The van der Waals surface area contributed by atoms with Crippen LogP contribution in [0.3, 0.4) is 0 Å². The molecule has 5 heteroatoms. The van der Waals surface area contributed by atoms with E-state index >= 15 is 0 Å². The maximum absolute atomic E-state index is 6.06. The second kappa shape index (κ2) is 9.10. The molecule has 0 spiro atoms. The molecule has 3 rings (SSSR count). The van der Waals surface area contributed by atoms with Crippen LogP contribution in [0.5, 0.6) is 11.5 Å². The van der Waals surface area contributed by atoms with Crippen molar-refractivity contribution in [3.63, 3.8) is 0 Å². The van der Waals surface area contributed by atoms with Crippen molar-refractivity contribution in [2.75, 3.05) is 12.5 Å². The monoisotopic (exact) mass is 380 g/mol. The lowest BCUT2D eigenvalue weighted by Gasteiger charge is -2.13. The predicted molar refractivity (Wildman–Crippen MR) is 111 cm³/mol. The molecular formula is C22H21ClN2O2. The average Bonchev–Trinajstić information content (AvgIpc) is 2.68. The van der Waals surface area contributed by atoms with Crippen LogP contribution in [0.1, 0.15) is 16.7 Å². The van der Waals surface area contributed by atoms with Crippen molar-refractivity contribution in [2.45, 2.75) is 13.5 Å². The highest BCUT2D eigenvalue weighted by Gasteiger charge is 2.09. The van der Waals surface area contributed by atoms with E-state index in [1.54, 1.807) is 25.5 Å². The molecule has 0 saturated carbocycles. The fraction of sp³-hybridized carbons (Fsp3) is 0.136. The summed E-state index contributed by atoms with van der Waals surface area (Å²) in [5.41, 5.74) is 6.95. The number of hydrogen-bond donors (Lipinski definition) is 1. The van der Waals surface area contributed by atoms with Gasteiger partial charge < -0.3 is 9.47 Å². The Morgan fingerprint density at radius 2 is 1.81 bits per heavy atom. The number of hydrazone groups is 1. The summed E-state index contributed by atoms with van der Waals surface area (Å²) in [6.07, 6.45) is 1.71. The molecule has 0 aliphatic rings. The molecule has 0 aromatic heterocycles. The first-order chi connectivity index (χ1) is 13.2. The fourth-order valence-corrected chi connectivity index (χ4v) is 2.73. The summed E-state index contributed by atoms with van der Waals surface area (Å²) >= 11 is 5.89. The van der Waals surface area contributed by atoms with Gasteiger partial charge in [-0.25, -0.2) is 0 Å². The van der Waals surface area contributed by atoms with Gasteiger partial charge in [-0.2, -0.15) is 5.10 Å². The first-order valence-corrected chi connectivity index (χ1v) is 8.93. The van der Waals surface area contributed by atoms with Gasteiger partial charge in [0.2, 0.25) is 0 Å². The minimum absolute atomic E-state index is 0.452. The second-order valence-corrected chi connectivity index (χ2v) is 6.47. The van der Waals surface area contributed by atoms with Gasteiger partial charge in [-0.15, -0.1) is 0 Å². The van der Waals surface area contributed by atoms with Gasteiger partial charge in [0, 0.05) is 10.6 Å². The van der Waals surface area contributed by atoms with Crippen molar-refractivity contribution in [3.8, 4) is 11.5 Å². The van der Waals surface area contributed by atoms with E-state index in [2.05, 4.69) is 29.6 Å². The van der Waals surface area contributed by atoms with Crippen LogP contribution in [0.4, 0.5) is 5.69 Å². The molecule has 4 nitrogen and oxygen atoms in total. The maximum atomic E-state index is 6.06. The molecule has 0 radical (unpaired) electrons. The lowest BCUT2D eigenvalue weighted by atomic mass is 10.1. The normalized spacial score (nSPS) is 10.8. The molecule has 138 valence electrons. The van der Waals surface area contributed by atoms with E-state index in [0.29, 0.717) is 23.1 Å². The zero-order valence-corrected chi connectivity index (χ0v) is 16.0. The van der Waals surface area contributed by atoms with Crippen LogP contribution in [-0.4, -0.2) is 13.3 Å². The van der Waals surface area contributed by atoms with Gasteiger partial charge in [0.05, 0.1) is 19.0 Å². The molecule has 0 aliphatic heterocycles. The van der Waals surface area contributed by atoms with Gasteiger partial charge in [-0.1, -0.05) is 47.5 Å². The number of hydrogen-bond acceptors (Lipinski definition) is 4. The van der Waals surface area contributed by atoms with E-state index in [0.717, 1.165) is 16.8 Å².